The minimum absolute atomic E-state index is 0.0177. The summed E-state index contributed by atoms with van der Waals surface area (Å²) in [6, 6.07) is 9.20. The van der Waals surface area contributed by atoms with Crippen molar-refractivity contribution in [3.63, 3.8) is 0 Å². The number of fused-ring (bicyclic) bond motifs is 1. The van der Waals surface area contributed by atoms with Crippen LogP contribution in [0.5, 0.6) is 11.5 Å². The molecule has 0 radical (unpaired) electrons. The molecule has 0 aromatic heterocycles. The molecule has 84 valence electrons. The number of aliphatic hydroxyl groups is 1. The largest absolute Gasteiger partial charge is 0.508 e. The molecule has 2 rings (SSSR count). The maximum atomic E-state index is 9.75. The van der Waals surface area contributed by atoms with E-state index in [2.05, 4.69) is 0 Å². The van der Waals surface area contributed by atoms with Gasteiger partial charge < -0.3 is 14.9 Å². The van der Waals surface area contributed by atoms with E-state index >= 15 is 0 Å². The van der Waals surface area contributed by atoms with E-state index in [0.29, 0.717) is 6.42 Å². The standard InChI is InChI=1S/C13H14O3/c1-16-10-4-2-9-3-5-13(15)11(6-7-14)12(9)8-10/h2-5,8,14-15H,6-7H2,1H3. The number of rotatable bonds is 3. The van der Waals surface area contributed by atoms with Crippen LogP contribution in [0.25, 0.3) is 10.8 Å². The summed E-state index contributed by atoms with van der Waals surface area (Å²) in [5.74, 6) is 0.965. The lowest BCUT2D eigenvalue weighted by molar-refractivity contribution is 0.298. The SMILES string of the molecule is COc1ccc2ccc(O)c(CCO)c2c1. The van der Waals surface area contributed by atoms with Crippen LogP contribution >= 0.6 is 0 Å². The van der Waals surface area contributed by atoms with E-state index < -0.39 is 0 Å². The predicted molar refractivity (Wildman–Crippen MR) is 63.0 cm³/mol. The van der Waals surface area contributed by atoms with Crippen molar-refractivity contribution < 1.29 is 14.9 Å². The van der Waals surface area contributed by atoms with Gasteiger partial charge in [-0.25, -0.2) is 0 Å². The molecule has 0 saturated carbocycles. The van der Waals surface area contributed by atoms with E-state index in [4.69, 9.17) is 9.84 Å². The second-order valence-corrected chi connectivity index (χ2v) is 3.62. The van der Waals surface area contributed by atoms with Crippen molar-refractivity contribution in [3.8, 4) is 11.5 Å². The molecule has 0 amide bonds. The van der Waals surface area contributed by atoms with Gasteiger partial charge >= 0.3 is 0 Å². The number of hydrogen-bond donors (Lipinski definition) is 2. The highest BCUT2D eigenvalue weighted by atomic mass is 16.5. The molecule has 3 heteroatoms. The normalized spacial score (nSPS) is 10.6. The van der Waals surface area contributed by atoms with E-state index in [-0.39, 0.29) is 12.4 Å². The van der Waals surface area contributed by atoms with Gasteiger partial charge in [-0.1, -0.05) is 12.1 Å². The van der Waals surface area contributed by atoms with Crippen LogP contribution in [-0.4, -0.2) is 23.9 Å². The van der Waals surface area contributed by atoms with Crippen LogP contribution in [0.15, 0.2) is 30.3 Å². The van der Waals surface area contributed by atoms with Gasteiger partial charge in [0.15, 0.2) is 0 Å². The van der Waals surface area contributed by atoms with Gasteiger partial charge in [0.05, 0.1) is 7.11 Å². The van der Waals surface area contributed by atoms with Crippen molar-refractivity contribution in [1.82, 2.24) is 0 Å². The van der Waals surface area contributed by atoms with Gasteiger partial charge in [-0.3, -0.25) is 0 Å². The maximum Gasteiger partial charge on any atom is 0.119 e. The number of aromatic hydroxyl groups is 1. The number of aliphatic hydroxyl groups excluding tert-OH is 1. The minimum atomic E-state index is 0.0177. The van der Waals surface area contributed by atoms with Crippen molar-refractivity contribution >= 4 is 10.8 Å². The van der Waals surface area contributed by atoms with Gasteiger partial charge in [0.2, 0.25) is 0 Å². The molecule has 2 N–H and O–H groups in total. The lowest BCUT2D eigenvalue weighted by atomic mass is 10.0. The Kier molecular flexibility index (Phi) is 2.97. The highest BCUT2D eigenvalue weighted by molar-refractivity contribution is 5.89. The molecule has 0 heterocycles. The quantitative estimate of drug-likeness (QED) is 0.829. The van der Waals surface area contributed by atoms with Crippen LogP contribution in [0.1, 0.15) is 5.56 Å². The van der Waals surface area contributed by atoms with Gasteiger partial charge in [-0.2, -0.15) is 0 Å². The number of methoxy groups -OCH3 is 1. The fourth-order valence-electron chi connectivity index (χ4n) is 1.85. The highest BCUT2D eigenvalue weighted by Crippen LogP contribution is 2.30. The Morgan fingerprint density at radius 1 is 1.19 bits per heavy atom. The molecule has 16 heavy (non-hydrogen) atoms. The fourth-order valence-corrected chi connectivity index (χ4v) is 1.85. The average Bonchev–Trinajstić information content (AvgIpc) is 2.32. The third-order valence-electron chi connectivity index (χ3n) is 2.68. The first-order valence-corrected chi connectivity index (χ1v) is 5.15. The third-order valence-corrected chi connectivity index (χ3v) is 2.68. The Balaban J connectivity index is 2.67. The summed E-state index contributed by atoms with van der Waals surface area (Å²) in [6.07, 6.45) is 0.441. The van der Waals surface area contributed by atoms with Gasteiger partial charge in [0.1, 0.15) is 11.5 Å². The topological polar surface area (TPSA) is 49.7 Å². The summed E-state index contributed by atoms with van der Waals surface area (Å²) in [4.78, 5) is 0. The number of ether oxygens (including phenoxy) is 1. The van der Waals surface area contributed by atoms with Crippen LogP contribution in [-0.2, 0) is 6.42 Å². The number of phenols is 1. The molecule has 0 fully saturated rings. The second-order valence-electron chi connectivity index (χ2n) is 3.62. The predicted octanol–water partition coefficient (Wildman–Crippen LogP) is 2.09. The van der Waals surface area contributed by atoms with Crippen molar-refractivity contribution in [3.05, 3.63) is 35.9 Å². The first-order chi connectivity index (χ1) is 7.76. The summed E-state index contributed by atoms with van der Waals surface area (Å²) in [5, 5.41) is 20.7. The molecule has 3 nitrogen and oxygen atoms in total. The molecule has 0 bridgehead atoms. The zero-order valence-electron chi connectivity index (χ0n) is 9.10. The molecule has 0 aliphatic rings. The number of hydrogen-bond acceptors (Lipinski definition) is 3. The number of benzene rings is 2. The molecule has 0 saturated heterocycles. The Morgan fingerprint density at radius 3 is 2.62 bits per heavy atom. The zero-order chi connectivity index (χ0) is 11.5. The smallest absolute Gasteiger partial charge is 0.119 e. The molecule has 0 aliphatic carbocycles. The second kappa shape index (κ2) is 4.41. The lowest BCUT2D eigenvalue weighted by Crippen LogP contribution is -1.93. The van der Waals surface area contributed by atoms with Gasteiger partial charge in [0, 0.05) is 12.2 Å². The molecular weight excluding hydrogens is 204 g/mol. The van der Waals surface area contributed by atoms with Crippen LogP contribution in [0.2, 0.25) is 0 Å². The van der Waals surface area contributed by atoms with E-state index in [0.717, 1.165) is 22.1 Å². The molecule has 0 spiro atoms. The molecular formula is C13H14O3. The summed E-state index contributed by atoms with van der Waals surface area (Å²) in [7, 11) is 1.61. The summed E-state index contributed by atoms with van der Waals surface area (Å²) < 4.78 is 5.15. The first kappa shape index (κ1) is 10.8. The molecule has 0 unspecified atom stereocenters. The maximum absolute atomic E-state index is 9.75. The van der Waals surface area contributed by atoms with Crippen molar-refractivity contribution in [2.24, 2.45) is 0 Å². The van der Waals surface area contributed by atoms with Crippen molar-refractivity contribution in [2.45, 2.75) is 6.42 Å². The Morgan fingerprint density at radius 2 is 1.94 bits per heavy atom. The van der Waals surface area contributed by atoms with E-state index in [1.54, 1.807) is 13.2 Å². The van der Waals surface area contributed by atoms with Crippen molar-refractivity contribution in [1.29, 1.82) is 0 Å². The fraction of sp³-hybridized carbons (Fsp3) is 0.231. The first-order valence-electron chi connectivity index (χ1n) is 5.15. The minimum Gasteiger partial charge on any atom is -0.508 e. The molecule has 0 aliphatic heterocycles. The zero-order valence-corrected chi connectivity index (χ0v) is 9.10. The summed E-state index contributed by atoms with van der Waals surface area (Å²) in [6.45, 7) is 0.0177. The Labute approximate surface area is 93.9 Å². The van der Waals surface area contributed by atoms with Gasteiger partial charge in [-0.15, -0.1) is 0 Å². The highest BCUT2D eigenvalue weighted by Gasteiger charge is 2.07. The number of phenolic OH excluding ortho intramolecular Hbond substituents is 1. The summed E-state index contributed by atoms with van der Waals surface area (Å²) in [5.41, 5.74) is 0.763. The Bertz CT molecular complexity index is 506. The van der Waals surface area contributed by atoms with Crippen LogP contribution in [0.4, 0.5) is 0 Å². The van der Waals surface area contributed by atoms with Crippen molar-refractivity contribution in [2.75, 3.05) is 13.7 Å². The van der Waals surface area contributed by atoms with E-state index in [9.17, 15) is 5.11 Å². The van der Waals surface area contributed by atoms with Crippen LogP contribution in [0.3, 0.4) is 0 Å². The van der Waals surface area contributed by atoms with E-state index in [1.807, 2.05) is 24.3 Å². The van der Waals surface area contributed by atoms with Gasteiger partial charge in [-0.05, 0) is 35.4 Å². The Hall–Kier alpha value is -1.74. The lowest BCUT2D eigenvalue weighted by Gasteiger charge is -2.09. The van der Waals surface area contributed by atoms with E-state index in [1.165, 1.54) is 0 Å². The summed E-state index contributed by atoms with van der Waals surface area (Å²) >= 11 is 0. The molecule has 2 aromatic rings. The average molecular weight is 218 g/mol. The van der Waals surface area contributed by atoms with Gasteiger partial charge in [0.25, 0.3) is 0 Å². The molecule has 0 atom stereocenters. The third kappa shape index (κ3) is 1.82. The molecule has 2 aromatic carbocycles. The monoisotopic (exact) mass is 218 g/mol. The van der Waals surface area contributed by atoms with Crippen LogP contribution in [0, 0.1) is 0 Å². The van der Waals surface area contributed by atoms with Crippen LogP contribution < -0.4 is 4.74 Å².